The van der Waals surface area contributed by atoms with Gasteiger partial charge in [0.15, 0.2) is 0 Å². The summed E-state index contributed by atoms with van der Waals surface area (Å²) < 4.78 is 19.9. The Morgan fingerprint density at radius 1 is 0.897 bits per heavy atom. The summed E-state index contributed by atoms with van der Waals surface area (Å²) in [5, 5.41) is 13.6. The van der Waals surface area contributed by atoms with E-state index in [4.69, 9.17) is 4.74 Å². The molecule has 7 rings (SSSR count). The van der Waals surface area contributed by atoms with Gasteiger partial charge in [-0.15, -0.1) is 0 Å². The Morgan fingerprint density at radius 2 is 1.62 bits per heavy atom. The number of esters is 1. The number of allylic oxidation sites excluding steroid dienone is 1. The Bertz CT molecular complexity index is 1690. The second-order valence-corrected chi connectivity index (χ2v) is 22.5. The smallest absolute Gasteiger partial charge is 0.309 e. The zero-order valence-electron chi connectivity index (χ0n) is 37.6. The van der Waals surface area contributed by atoms with Crippen LogP contribution in [0.2, 0.25) is 0 Å². The summed E-state index contributed by atoms with van der Waals surface area (Å²) in [6.45, 7) is 31.1. The van der Waals surface area contributed by atoms with Crippen molar-refractivity contribution in [2.45, 2.75) is 145 Å². The number of carbonyl (C=O) groups excluding carboxylic acids is 1. The molecule has 0 amide bonds. The van der Waals surface area contributed by atoms with E-state index in [1.807, 2.05) is 12.1 Å². The second-order valence-electron chi connectivity index (χ2n) is 22.5. The first-order valence-corrected chi connectivity index (χ1v) is 23.2. The first-order chi connectivity index (χ1) is 27.3. The average Bonchev–Trinajstić information content (AvgIpc) is 3.53. The van der Waals surface area contributed by atoms with Gasteiger partial charge in [0.25, 0.3) is 0 Å². The largest absolute Gasteiger partial charge is 0.481 e. The number of ether oxygens (including phenoxy) is 1. The number of piperazine rings is 1. The molecule has 2 N–H and O–H groups in total. The number of aliphatic carboxylic acids is 1. The highest BCUT2D eigenvalue weighted by Crippen LogP contribution is 2.78. The predicted octanol–water partition coefficient (Wildman–Crippen LogP) is 9.99. The van der Waals surface area contributed by atoms with Crippen molar-refractivity contribution in [3.8, 4) is 0 Å². The van der Waals surface area contributed by atoms with E-state index in [0.717, 1.165) is 76.7 Å². The minimum Gasteiger partial charge on any atom is -0.481 e. The lowest BCUT2D eigenvalue weighted by Crippen LogP contribution is -2.66. The number of benzene rings is 1. The minimum atomic E-state index is -1.13. The van der Waals surface area contributed by atoms with Gasteiger partial charge < -0.3 is 15.2 Å². The van der Waals surface area contributed by atoms with Gasteiger partial charge in [0.2, 0.25) is 0 Å². The molecule has 0 spiro atoms. The van der Waals surface area contributed by atoms with Gasteiger partial charge in [-0.05, 0) is 167 Å². The normalized spacial score (nSPS) is 38.8. The number of carbonyl (C=O) groups is 2. The third-order valence-electron chi connectivity index (χ3n) is 18.8. The molecular formula is C50H78FN3O4. The maximum atomic E-state index is 13.7. The number of rotatable bonds is 13. The van der Waals surface area contributed by atoms with Crippen molar-refractivity contribution in [1.29, 1.82) is 0 Å². The van der Waals surface area contributed by atoms with Crippen LogP contribution in [-0.4, -0.2) is 78.8 Å². The molecule has 10 atom stereocenters. The lowest BCUT2D eigenvalue weighted by molar-refractivity contribution is -0.250. The van der Waals surface area contributed by atoms with Gasteiger partial charge in [-0.25, -0.2) is 4.39 Å². The lowest BCUT2D eigenvalue weighted by Gasteiger charge is -2.73. The van der Waals surface area contributed by atoms with E-state index in [2.05, 4.69) is 63.2 Å². The van der Waals surface area contributed by atoms with Crippen LogP contribution in [0.1, 0.15) is 138 Å². The maximum Gasteiger partial charge on any atom is 0.309 e. The van der Waals surface area contributed by atoms with Gasteiger partial charge in [-0.2, -0.15) is 0 Å². The third kappa shape index (κ3) is 7.76. The van der Waals surface area contributed by atoms with E-state index >= 15 is 0 Å². The van der Waals surface area contributed by atoms with Crippen molar-refractivity contribution in [3.05, 3.63) is 47.8 Å². The molecule has 7 nitrogen and oxygen atoms in total. The number of nitrogens with zero attached hydrogens (tertiary/aromatic N) is 2. The molecule has 6 fully saturated rings. The van der Waals surface area contributed by atoms with Crippen molar-refractivity contribution in [1.82, 2.24) is 15.1 Å². The van der Waals surface area contributed by atoms with E-state index in [1.165, 1.54) is 69.4 Å². The van der Waals surface area contributed by atoms with Crippen LogP contribution < -0.4 is 5.32 Å². The van der Waals surface area contributed by atoms with Crippen molar-refractivity contribution in [3.63, 3.8) is 0 Å². The topological polar surface area (TPSA) is 82.1 Å². The van der Waals surface area contributed by atoms with Crippen molar-refractivity contribution in [2.24, 2.45) is 62.1 Å². The monoisotopic (exact) mass is 804 g/mol. The van der Waals surface area contributed by atoms with Gasteiger partial charge in [0, 0.05) is 51.2 Å². The molecule has 8 heteroatoms. The molecule has 5 aliphatic carbocycles. The molecule has 58 heavy (non-hydrogen) atoms. The number of hydrogen-bond acceptors (Lipinski definition) is 6. The highest BCUT2D eigenvalue weighted by atomic mass is 19.1. The maximum absolute atomic E-state index is 13.7. The van der Waals surface area contributed by atoms with Crippen molar-refractivity contribution >= 4 is 11.9 Å². The van der Waals surface area contributed by atoms with Crippen LogP contribution in [0, 0.1) is 67.9 Å². The number of nitrogens with one attached hydrogen (secondary N) is 1. The summed E-state index contributed by atoms with van der Waals surface area (Å²) >= 11 is 0. The van der Waals surface area contributed by atoms with E-state index in [9.17, 15) is 19.1 Å². The van der Waals surface area contributed by atoms with Gasteiger partial charge >= 0.3 is 11.9 Å². The van der Waals surface area contributed by atoms with Gasteiger partial charge in [-0.1, -0.05) is 58.9 Å². The van der Waals surface area contributed by atoms with E-state index in [0.29, 0.717) is 29.1 Å². The fraction of sp³-hybridized carbons (Fsp3) is 0.800. The Balaban J connectivity index is 0.977. The Morgan fingerprint density at radius 3 is 2.31 bits per heavy atom. The third-order valence-corrected chi connectivity index (χ3v) is 18.8. The van der Waals surface area contributed by atoms with E-state index < -0.39 is 11.4 Å². The Labute approximate surface area is 350 Å². The number of carboxylic acid groups (broad SMARTS) is 1. The number of fused-ring (bicyclic) bond motifs is 7. The summed E-state index contributed by atoms with van der Waals surface area (Å²) in [5.41, 5.74) is 2.30. The number of carboxylic acids is 1. The second kappa shape index (κ2) is 16.2. The molecule has 0 aromatic heterocycles. The van der Waals surface area contributed by atoms with Crippen LogP contribution in [0.25, 0.3) is 0 Å². The summed E-state index contributed by atoms with van der Waals surface area (Å²) in [6, 6.07) is 7.03. The molecule has 1 heterocycles. The molecule has 1 unspecified atom stereocenters. The van der Waals surface area contributed by atoms with Crippen LogP contribution in [0.3, 0.4) is 0 Å². The van der Waals surface area contributed by atoms with Crippen molar-refractivity contribution < 1.29 is 23.8 Å². The van der Waals surface area contributed by atoms with E-state index in [-0.39, 0.29) is 46.0 Å². The van der Waals surface area contributed by atoms with Gasteiger partial charge in [-0.3, -0.25) is 19.4 Å². The standard InChI is InChI=1S/C50H78FN3O4/c1-34(2)37-15-20-50(23-24-52-25-26-53-27-29-54(30-28-53)33-35-11-10-12-36(51)31-35)22-21-48(8)38(43(37)50)13-14-40-47(7)18-17-41(58-42(55)32-45(3,4)44(56)57)46(5,6)39(47)16-19-49(40,48)9/h10-12,31,37-41,43,52H,1,13-30,32-33H2,2-9H3,(H,56,57)/t37?,38-,39+,40-,41+,43-,47+,48-,49-,50-/m1/s1. The number of halogens is 1. The molecule has 0 bridgehead atoms. The number of hydrogen-bond donors (Lipinski definition) is 2. The predicted molar refractivity (Wildman–Crippen MR) is 230 cm³/mol. The van der Waals surface area contributed by atoms with Crippen LogP contribution in [0.4, 0.5) is 4.39 Å². The summed E-state index contributed by atoms with van der Waals surface area (Å²) in [6.07, 6.45) is 13.2. The highest BCUT2D eigenvalue weighted by molar-refractivity contribution is 5.81. The molecule has 0 radical (unpaired) electrons. The molecule has 1 aromatic rings. The molecule has 1 saturated heterocycles. The first-order valence-electron chi connectivity index (χ1n) is 23.2. The molecule has 5 saturated carbocycles. The quantitative estimate of drug-likeness (QED) is 0.117. The molecular weight excluding hydrogens is 726 g/mol. The zero-order valence-corrected chi connectivity index (χ0v) is 37.6. The van der Waals surface area contributed by atoms with Crippen LogP contribution in [-0.2, 0) is 20.9 Å². The molecule has 324 valence electrons. The molecule has 1 aliphatic heterocycles. The van der Waals surface area contributed by atoms with Crippen LogP contribution in [0.15, 0.2) is 36.4 Å². The average molecular weight is 804 g/mol. The van der Waals surface area contributed by atoms with E-state index in [1.54, 1.807) is 19.9 Å². The fourth-order valence-electron chi connectivity index (χ4n) is 15.3. The summed E-state index contributed by atoms with van der Waals surface area (Å²) in [5.74, 6) is 1.67. The van der Waals surface area contributed by atoms with Crippen LogP contribution in [0.5, 0.6) is 0 Å². The summed E-state index contributed by atoms with van der Waals surface area (Å²) in [7, 11) is 0. The summed E-state index contributed by atoms with van der Waals surface area (Å²) in [4.78, 5) is 30.0. The highest BCUT2D eigenvalue weighted by Gasteiger charge is 2.71. The SMILES string of the molecule is C=C(C)C1CC[C@]2(CCNCCN3CCN(Cc4cccc(F)c4)CC3)CC[C@]3(C)[C@H](CC[C@@H]4[C@@]5(C)CC[C@H](OC(=O)CC(C)(C)C(=O)O)C(C)(C)[C@@H]5CC[C@]43C)[C@@H]12. The van der Waals surface area contributed by atoms with Crippen LogP contribution >= 0.6 is 0 Å². The van der Waals surface area contributed by atoms with Gasteiger partial charge in [0.1, 0.15) is 11.9 Å². The fourth-order valence-corrected chi connectivity index (χ4v) is 15.3. The first kappa shape index (κ1) is 43.8. The Hall–Kier alpha value is -2.29. The molecule has 6 aliphatic rings. The minimum absolute atomic E-state index is 0.0971. The Kier molecular flexibility index (Phi) is 12.2. The zero-order chi connectivity index (χ0) is 41.9. The van der Waals surface area contributed by atoms with Crippen molar-refractivity contribution in [2.75, 3.05) is 45.8 Å². The lowest BCUT2D eigenvalue weighted by atomic mass is 9.32. The molecule has 1 aromatic carbocycles. The van der Waals surface area contributed by atoms with Gasteiger partial charge in [0.05, 0.1) is 11.8 Å².